The second-order valence-corrected chi connectivity index (χ2v) is 3.18. The summed E-state index contributed by atoms with van der Waals surface area (Å²) in [5.41, 5.74) is 5.59. The van der Waals surface area contributed by atoms with E-state index in [1.54, 1.807) is 6.07 Å². The van der Waals surface area contributed by atoms with Crippen LogP contribution in [0, 0.1) is 6.92 Å². The van der Waals surface area contributed by atoms with Gasteiger partial charge in [0.05, 0.1) is 0 Å². The van der Waals surface area contributed by atoms with Gasteiger partial charge in [-0.2, -0.15) is 0 Å². The van der Waals surface area contributed by atoms with Crippen molar-refractivity contribution in [1.82, 2.24) is 9.97 Å². The molecule has 0 amide bonds. The summed E-state index contributed by atoms with van der Waals surface area (Å²) < 4.78 is 0. The van der Waals surface area contributed by atoms with Crippen LogP contribution in [-0.2, 0) is 0 Å². The second-order valence-electron chi connectivity index (χ2n) is 3.18. The molecule has 0 unspecified atom stereocenters. The van der Waals surface area contributed by atoms with Crippen LogP contribution in [0.1, 0.15) is 26.1 Å². The van der Waals surface area contributed by atoms with Crippen LogP contribution >= 0.6 is 0 Å². The van der Waals surface area contributed by atoms with Crippen LogP contribution in [0.5, 0.6) is 0 Å². The van der Waals surface area contributed by atoms with Gasteiger partial charge in [0.25, 0.3) is 0 Å². The van der Waals surface area contributed by atoms with Gasteiger partial charge in [0.1, 0.15) is 17.5 Å². The summed E-state index contributed by atoms with van der Waals surface area (Å²) in [6, 6.07) is 2.16. The van der Waals surface area contributed by atoms with Gasteiger partial charge in [-0.25, -0.2) is 9.97 Å². The fraction of sp³-hybridized carbons (Fsp3) is 0.556. The summed E-state index contributed by atoms with van der Waals surface area (Å²) in [7, 11) is 0. The molecular formula is C9H16N4. The molecule has 0 fully saturated rings. The Morgan fingerprint density at radius 1 is 1.54 bits per heavy atom. The number of hydrogen-bond acceptors (Lipinski definition) is 4. The molecule has 1 atom stereocenters. The van der Waals surface area contributed by atoms with Crippen LogP contribution in [0.2, 0.25) is 0 Å². The monoisotopic (exact) mass is 180 g/mol. The first-order valence-corrected chi connectivity index (χ1v) is 4.49. The standard InChI is InChI=1S/C9H16N4/c1-4-6(2)11-9-5-8(10)12-7(3)13-9/h5-6H,4H2,1-3H3,(H3,10,11,12,13)/t6-/m1/s1. The molecule has 3 N–H and O–H groups in total. The summed E-state index contributed by atoms with van der Waals surface area (Å²) in [5, 5.41) is 3.24. The molecule has 4 heteroatoms. The maximum absolute atomic E-state index is 5.59. The highest BCUT2D eigenvalue weighted by atomic mass is 15.1. The van der Waals surface area contributed by atoms with Crippen LogP contribution in [0.4, 0.5) is 11.6 Å². The van der Waals surface area contributed by atoms with E-state index in [0.717, 1.165) is 12.2 Å². The Morgan fingerprint density at radius 2 is 2.23 bits per heavy atom. The molecule has 1 aromatic rings. The number of aromatic nitrogens is 2. The first-order valence-electron chi connectivity index (χ1n) is 4.49. The lowest BCUT2D eigenvalue weighted by Gasteiger charge is -2.12. The normalized spacial score (nSPS) is 12.5. The minimum absolute atomic E-state index is 0.411. The van der Waals surface area contributed by atoms with Gasteiger partial charge in [0.2, 0.25) is 0 Å². The van der Waals surface area contributed by atoms with Gasteiger partial charge in [-0.05, 0) is 20.3 Å². The number of anilines is 2. The number of aryl methyl sites for hydroxylation is 1. The highest BCUT2D eigenvalue weighted by molar-refractivity contribution is 5.44. The Morgan fingerprint density at radius 3 is 2.77 bits per heavy atom. The SMILES string of the molecule is CC[C@@H](C)Nc1cc(N)nc(C)n1. The molecule has 1 aromatic heterocycles. The van der Waals surface area contributed by atoms with Crippen molar-refractivity contribution in [2.75, 3.05) is 11.1 Å². The molecule has 4 nitrogen and oxygen atoms in total. The van der Waals surface area contributed by atoms with Crippen LogP contribution in [0.3, 0.4) is 0 Å². The molecule has 0 radical (unpaired) electrons. The van der Waals surface area contributed by atoms with Crippen molar-refractivity contribution in [2.24, 2.45) is 0 Å². The summed E-state index contributed by atoms with van der Waals surface area (Å²) in [6.07, 6.45) is 1.06. The highest BCUT2D eigenvalue weighted by Gasteiger charge is 2.01. The molecule has 13 heavy (non-hydrogen) atoms. The van der Waals surface area contributed by atoms with Crippen molar-refractivity contribution in [2.45, 2.75) is 33.2 Å². The summed E-state index contributed by atoms with van der Waals surface area (Å²) in [6.45, 7) is 6.06. The van der Waals surface area contributed by atoms with Crippen LogP contribution < -0.4 is 11.1 Å². The van der Waals surface area contributed by atoms with Crippen molar-refractivity contribution in [3.63, 3.8) is 0 Å². The lowest BCUT2D eigenvalue weighted by Crippen LogP contribution is -2.15. The molecule has 0 saturated heterocycles. The number of nitrogens with one attached hydrogen (secondary N) is 1. The van der Waals surface area contributed by atoms with Gasteiger partial charge in [0, 0.05) is 12.1 Å². The number of hydrogen-bond donors (Lipinski definition) is 2. The molecule has 0 bridgehead atoms. The van der Waals surface area contributed by atoms with Crippen molar-refractivity contribution in [3.05, 3.63) is 11.9 Å². The summed E-state index contributed by atoms with van der Waals surface area (Å²) in [4.78, 5) is 8.21. The quantitative estimate of drug-likeness (QED) is 0.741. The van der Waals surface area contributed by atoms with E-state index in [1.165, 1.54) is 0 Å². The van der Waals surface area contributed by atoms with Crippen molar-refractivity contribution in [1.29, 1.82) is 0 Å². The molecule has 0 saturated carbocycles. The van der Waals surface area contributed by atoms with Crippen LogP contribution in [-0.4, -0.2) is 16.0 Å². The summed E-state index contributed by atoms with van der Waals surface area (Å²) in [5.74, 6) is 2.02. The van der Waals surface area contributed by atoms with E-state index < -0.39 is 0 Å². The van der Waals surface area contributed by atoms with Gasteiger partial charge < -0.3 is 11.1 Å². The Labute approximate surface area is 78.6 Å². The molecule has 0 spiro atoms. The third-order valence-corrected chi connectivity index (χ3v) is 1.86. The lowest BCUT2D eigenvalue weighted by atomic mass is 10.2. The van der Waals surface area contributed by atoms with Crippen molar-refractivity contribution >= 4 is 11.6 Å². The van der Waals surface area contributed by atoms with E-state index in [-0.39, 0.29) is 0 Å². The smallest absolute Gasteiger partial charge is 0.131 e. The topological polar surface area (TPSA) is 63.8 Å². The third-order valence-electron chi connectivity index (χ3n) is 1.86. The molecule has 1 rings (SSSR count). The number of nitrogen functional groups attached to an aromatic ring is 1. The van der Waals surface area contributed by atoms with E-state index in [2.05, 4.69) is 29.1 Å². The Bertz CT molecular complexity index is 265. The van der Waals surface area contributed by atoms with Crippen LogP contribution in [0.25, 0.3) is 0 Å². The zero-order valence-corrected chi connectivity index (χ0v) is 8.33. The highest BCUT2D eigenvalue weighted by Crippen LogP contribution is 2.09. The largest absolute Gasteiger partial charge is 0.384 e. The first-order chi connectivity index (χ1) is 6.11. The maximum atomic E-state index is 5.59. The Kier molecular flexibility index (Phi) is 3.06. The molecule has 72 valence electrons. The summed E-state index contributed by atoms with van der Waals surface area (Å²) >= 11 is 0. The van der Waals surface area contributed by atoms with Gasteiger partial charge in [-0.15, -0.1) is 0 Å². The number of nitrogens with two attached hydrogens (primary N) is 1. The number of nitrogens with zero attached hydrogens (tertiary/aromatic N) is 2. The fourth-order valence-electron chi connectivity index (χ4n) is 1.02. The van der Waals surface area contributed by atoms with Crippen molar-refractivity contribution < 1.29 is 0 Å². The second kappa shape index (κ2) is 4.07. The minimum atomic E-state index is 0.411. The van der Waals surface area contributed by atoms with E-state index in [1.807, 2.05) is 6.92 Å². The third kappa shape index (κ3) is 2.89. The van der Waals surface area contributed by atoms with E-state index in [4.69, 9.17) is 5.73 Å². The zero-order valence-electron chi connectivity index (χ0n) is 8.33. The molecule has 0 aliphatic rings. The van der Waals surface area contributed by atoms with E-state index in [9.17, 15) is 0 Å². The molecule has 1 heterocycles. The molecular weight excluding hydrogens is 164 g/mol. The molecule has 0 aliphatic carbocycles. The van der Waals surface area contributed by atoms with Gasteiger partial charge >= 0.3 is 0 Å². The molecule has 0 aliphatic heterocycles. The fourth-order valence-corrected chi connectivity index (χ4v) is 1.02. The van der Waals surface area contributed by atoms with Gasteiger partial charge in [-0.3, -0.25) is 0 Å². The number of rotatable bonds is 3. The first kappa shape index (κ1) is 9.77. The Balaban J connectivity index is 2.77. The predicted molar refractivity (Wildman–Crippen MR) is 54.6 cm³/mol. The van der Waals surface area contributed by atoms with Gasteiger partial charge in [-0.1, -0.05) is 6.92 Å². The van der Waals surface area contributed by atoms with Gasteiger partial charge in [0.15, 0.2) is 0 Å². The lowest BCUT2D eigenvalue weighted by molar-refractivity contribution is 0.757. The van der Waals surface area contributed by atoms with E-state index in [0.29, 0.717) is 17.7 Å². The molecule has 0 aromatic carbocycles. The predicted octanol–water partition coefficient (Wildman–Crippen LogP) is 1.58. The zero-order chi connectivity index (χ0) is 9.84. The average molecular weight is 180 g/mol. The van der Waals surface area contributed by atoms with Crippen molar-refractivity contribution in [3.8, 4) is 0 Å². The average Bonchev–Trinajstić information content (AvgIpc) is 2.02. The van der Waals surface area contributed by atoms with E-state index >= 15 is 0 Å². The Hall–Kier alpha value is -1.32. The van der Waals surface area contributed by atoms with Crippen LogP contribution in [0.15, 0.2) is 6.07 Å². The minimum Gasteiger partial charge on any atom is -0.384 e. The maximum Gasteiger partial charge on any atom is 0.131 e.